The fourth-order valence-corrected chi connectivity index (χ4v) is 14.0. The van der Waals surface area contributed by atoms with Gasteiger partial charge < -0.3 is 33.8 Å². The third-order valence-electron chi connectivity index (χ3n) is 19.2. The average molecular weight is 1470 g/mol. The molecular formula is C81H158O17P2. The van der Waals surface area contributed by atoms with Gasteiger partial charge in [-0.25, -0.2) is 9.13 Å². The number of carbonyl (C=O) groups is 4. The van der Waals surface area contributed by atoms with E-state index in [1.807, 2.05) is 0 Å². The van der Waals surface area contributed by atoms with Crippen LogP contribution < -0.4 is 0 Å². The second kappa shape index (κ2) is 71.3. The van der Waals surface area contributed by atoms with Crippen LogP contribution in [0.5, 0.6) is 0 Å². The van der Waals surface area contributed by atoms with Crippen molar-refractivity contribution in [2.45, 2.75) is 439 Å². The summed E-state index contributed by atoms with van der Waals surface area (Å²) in [5.41, 5.74) is 0. The summed E-state index contributed by atoms with van der Waals surface area (Å²) in [4.78, 5) is 73.0. The molecule has 0 heterocycles. The normalized spacial score (nSPS) is 14.2. The van der Waals surface area contributed by atoms with Gasteiger partial charge in [-0.1, -0.05) is 370 Å². The van der Waals surface area contributed by atoms with Crippen LogP contribution in [-0.2, 0) is 65.4 Å². The van der Waals surface area contributed by atoms with Gasteiger partial charge in [0.15, 0.2) is 12.2 Å². The summed E-state index contributed by atoms with van der Waals surface area (Å²) in [6.07, 6.45) is 59.6. The molecule has 17 nitrogen and oxygen atoms in total. The summed E-state index contributed by atoms with van der Waals surface area (Å²) in [6.45, 7) is 12.0. The lowest BCUT2D eigenvalue weighted by atomic mass is 9.99. The van der Waals surface area contributed by atoms with E-state index >= 15 is 0 Å². The molecule has 0 saturated heterocycles. The van der Waals surface area contributed by atoms with E-state index in [4.69, 9.17) is 37.0 Å². The van der Waals surface area contributed by atoms with E-state index in [0.717, 1.165) is 108 Å². The Bertz CT molecular complexity index is 1940. The highest BCUT2D eigenvalue weighted by atomic mass is 31.2. The van der Waals surface area contributed by atoms with Crippen molar-refractivity contribution in [1.29, 1.82) is 0 Å². The number of hydrogen-bond acceptors (Lipinski definition) is 15. The summed E-state index contributed by atoms with van der Waals surface area (Å²) in [7, 11) is -9.92. The van der Waals surface area contributed by atoms with Crippen molar-refractivity contribution in [3.8, 4) is 0 Å². The summed E-state index contributed by atoms with van der Waals surface area (Å²) in [6, 6.07) is 0. The zero-order chi connectivity index (χ0) is 73.7. The number of esters is 4. The molecule has 0 aliphatic heterocycles. The van der Waals surface area contributed by atoms with Gasteiger partial charge in [0.05, 0.1) is 26.4 Å². The van der Waals surface area contributed by atoms with E-state index in [0.29, 0.717) is 25.7 Å². The number of aliphatic hydroxyl groups excluding tert-OH is 1. The highest BCUT2D eigenvalue weighted by molar-refractivity contribution is 7.47. The van der Waals surface area contributed by atoms with E-state index in [-0.39, 0.29) is 25.7 Å². The fourth-order valence-electron chi connectivity index (χ4n) is 12.5. The quantitative estimate of drug-likeness (QED) is 0.0222. The molecule has 3 N–H and O–H groups in total. The van der Waals surface area contributed by atoms with Crippen molar-refractivity contribution in [2.24, 2.45) is 17.8 Å². The van der Waals surface area contributed by atoms with E-state index < -0.39 is 97.5 Å². The smallest absolute Gasteiger partial charge is 0.462 e. The number of phosphoric acid groups is 2. The van der Waals surface area contributed by atoms with Crippen molar-refractivity contribution in [2.75, 3.05) is 39.6 Å². The second-order valence-corrected chi connectivity index (χ2v) is 33.3. The summed E-state index contributed by atoms with van der Waals surface area (Å²) < 4.78 is 68.7. The van der Waals surface area contributed by atoms with Gasteiger partial charge in [-0.3, -0.25) is 37.3 Å². The molecule has 0 radical (unpaired) electrons. The Kier molecular flexibility index (Phi) is 69.9. The van der Waals surface area contributed by atoms with E-state index in [1.54, 1.807) is 0 Å². The maximum absolute atomic E-state index is 13.1. The average Bonchev–Trinajstić information content (AvgIpc) is 0.938. The summed E-state index contributed by atoms with van der Waals surface area (Å²) in [5, 5.41) is 10.6. The fraction of sp³-hybridized carbons (Fsp3) is 0.951. The van der Waals surface area contributed by atoms with Crippen molar-refractivity contribution in [3.05, 3.63) is 0 Å². The maximum atomic E-state index is 13.1. The maximum Gasteiger partial charge on any atom is 0.472 e. The summed E-state index contributed by atoms with van der Waals surface area (Å²) in [5.74, 6) is 0.285. The SMILES string of the molecule is CCCCCCCCCCCCCC(=O)OC[C@H](COP(=O)(O)OC[C@H](O)COP(=O)(O)OC[C@@H](COC(=O)CCCCCCCCCCCCCCCCC(C)CC)OC(=O)CCCCCCCCCCCCCCCCCCC(C)C)OC(=O)CCCCCCCCCCCC(C)C. The van der Waals surface area contributed by atoms with Gasteiger partial charge in [0.2, 0.25) is 0 Å². The molecule has 0 aromatic carbocycles. The van der Waals surface area contributed by atoms with Crippen molar-refractivity contribution in [3.63, 3.8) is 0 Å². The van der Waals surface area contributed by atoms with Crippen LogP contribution in [0.3, 0.4) is 0 Å². The minimum atomic E-state index is -4.96. The molecule has 0 spiro atoms. The lowest BCUT2D eigenvalue weighted by molar-refractivity contribution is -0.161. The Morgan fingerprint density at radius 3 is 0.760 bits per heavy atom. The zero-order valence-corrected chi connectivity index (χ0v) is 67.5. The van der Waals surface area contributed by atoms with Crippen LogP contribution in [0, 0.1) is 17.8 Å². The zero-order valence-electron chi connectivity index (χ0n) is 65.7. The largest absolute Gasteiger partial charge is 0.472 e. The molecule has 100 heavy (non-hydrogen) atoms. The number of unbranched alkanes of at least 4 members (excludes halogenated alkanes) is 46. The molecule has 0 bridgehead atoms. The standard InChI is InChI=1S/C81H158O17P2/c1-8-10-11-12-13-14-25-34-41-48-55-62-78(83)91-69-77(98-81(86)65-58-51-44-37-30-32-39-46-53-60-73(5)6)71-96-100(89,90)94-67-75(82)66-93-99(87,88)95-70-76(68-92-79(84)63-56-49-42-35-28-23-20-19-22-27-33-40-47-54-61-74(7)9-2)97-80(85)64-57-50-43-36-29-24-18-16-15-17-21-26-31-38-45-52-59-72(3)4/h72-77,82H,8-71H2,1-7H3,(H,87,88)(H,89,90)/t74?,75-,76-,77-/m1/s1. The summed E-state index contributed by atoms with van der Waals surface area (Å²) >= 11 is 0. The Morgan fingerprint density at radius 1 is 0.290 bits per heavy atom. The topological polar surface area (TPSA) is 237 Å². The van der Waals surface area contributed by atoms with Crippen LogP contribution in [0.25, 0.3) is 0 Å². The first-order valence-electron chi connectivity index (χ1n) is 41.9. The number of hydrogen-bond donors (Lipinski definition) is 3. The molecule has 0 aromatic rings. The van der Waals surface area contributed by atoms with Crippen LogP contribution >= 0.6 is 15.6 Å². The van der Waals surface area contributed by atoms with Crippen LogP contribution in [0.4, 0.5) is 0 Å². The molecule has 0 rings (SSSR count). The van der Waals surface area contributed by atoms with E-state index in [2.05, 4.69) is 48.5 Å². The number of rotatable bonds is 79. The van der Waals surface area contributed by atoms with Gasteiger partial charge in [-0.15, -0.1) is 0 Å². The van der Waals surface area contributed by atoms with Gasteiger partial charge in [0.1, 0.15) is 19.3 Å². The lowest BCUT2D eigenvalue weighted by Gasteiger charge is -2.21. The van der Waals surface area contributed by atoms with Gasteiger partial charge >= 0.3 is 39.5 Å². The monoisotopic (exact) mass is 1470 g/mol. The highest BCUT2D eigenvalue weighted by Gasteiger charge is 2.30. The molecule has 6 atom stereocenters. The van der Waals surface area contributed by atoms with Crippen LogP contribution in [0.1, 0.15) is 421 Å². The van der Waals surface area contributed by atoms with E-state index in [9.17, 15) is 43.2 Å². The number of aliphatic hydroxyl groups is 1. The minimum Gasteiger partial charge on any atom is -0.462 e. The molecule has 0 aliphatic carbocycles. The third-order valence-corrected chi connectivity index (χ3v) is 21.1. The molecule has 3 unspecified atom stereocenters. The molecule has 0 aromatic heterocycles. The minimum absolute atomic E-state index is 0.106. The van der Waals surface area contributed by atoms with Gasteiger partial charge in [-0.05, 0) is 43.4 Å². The molecule has 594 valence electrons. The number of carbonyl (C=O) groups excluding carboxylic acids is 4. The molecular weight excluding hydrogens is 1310 g/mol. The Balaban J connectivity index is 5.24. The Hall–Kier alpha value is -1.94. The van der Waals surface area contributed by atoms with Gasteiger partial charge in [-0.2, -0.15) is 0 Å². The third kappa shape index (κ3) is 73.0. The number of phosphoric ester groups is 2. The second-order valence-electron chi connectivity index (χ2n) is 30.4. The number of ether oxygens (including phenoxy) is 4. The van der Waals surface area contributed by atoms with Crippen LogP contribution in [-0.4, -0.2) is 96.7 Å². The van der Waals surface area contributed by atoms with Crippen LogP contribution in [0.15, 0.2) is 0 Å². The molecule has 0 aliphatic rings. The first-order chi connectivity index (χ1) is 48.3. The van der Waals surface area contributed by atoms with E-state index in [1.165, 1.54) is 231 Å². The predicted octanol–water partition coefficient (Wildman–Crippen LogP) is 24.1. The lowest BCUT2D eigenvalue weighted by Crippen LogP contribution is -2.30. The predicted molar refractivity (Wildman–Crippen MR) is 409 cm³/mol. The first kappa shape index (κ1) is 98.1. The molecule has 19 heteroatoms. The Labute approximate surface area is 613 Å². The van der Waals surface area contributed by atoms with Crippen LogP contribution in [0.2, 0.25) is 0 Å². The molecule has 0 fully saturated rings. The molecule has 0 saturated carbocycles. The molecule has 0 amide bonds. The van der Waals surface area contributed by atoms with Gasteiger partial charge in [0, 0.05) is 25.7 Å². The Morgan fingerprint density at radius 2 is 0.510 bits per heavy atom. The van der Waals surface area contributed by atoms with Crippen molar-refractivity contribution < 1.29 is 80.2 Å². The highest BCUT2D eigenvalue weighted by Crippen LogP contribution is 2.45. The van der Waals surface area contributed by atoms with Crippen molar-refractivity contribution >= 4 is 39.5 Å². The first-order valence-corrected chi connectivity index (χ1v) is 44.9. The van der Waals surface area contributed by atoms with Crippen molar-refractivity contribution in [1.82, 2.24) is 0 Å². The van der Waals surface area contributed by atoms with Gasteiger partial charge in [0.25, 0.3) is 0 Å².